The Morgan fingerprint density at radius 3 is 1.48 bits per heavy atom. The van der Waals surface area contributed by atoms with Gasteiger partial charge in [0.2, 0.25) is 0 Å². The van der Waals surface area contributed by atoms with E-state index in [-0.39, 0.29) is 16.8 Å². The summed E-state index contributed by atoms with van der Waals surface area (Å²) in [6.07, 6.45) is 6.76. The molecule has 0 atom stereocenters. The maximum absolute atomic E-state index is 10.5. The number of carboxylic acids is 2. The lowest BCUT2D eigenvalue weighted by molar-refractivity contribution is 0.0696. The second kappa shape index (κ2) is 9.13. The van der Waals surface area contributed by atoms with Crippen LogP contribution in [0.15, 0.2) is 67.3 Å². The van der Waals surface area contributed by atoms with Gasteiger partial charge in [-0.1, -0.05) is 0 Å². The van der Waals surface area contributed by atoms with Gasteiger partial charge in [-0.15, -0.1) is 10.2 Å². The molecule has 11 nitrogen and oxygen atoms in total. The molecular formula is C20H17N7O4. The molecule has 156 valence electrons. The van der Waals surface area contributed by atoms with Gasteiger partial charge in [-0.25, -0.2) is 14.3 Å². The largest absolute Gasteiger partial charge is 0.478 e. The second-order valence-electron chi connectivity index (χ2n) is 6.14. The van der Waals surface area contributed by atoms with Crippen LogP contribution < -0.4 is 11.6 Å². The van der Waals surface area contributed by atoms with Crippen molar-refractivity contribution in [3.63, 3.8) is 0 Å². The van der Waals surface area contributed by atoms with E-state index in [2.05, 4.69) is 20.2 Å². The first-order valence-electron chi connectivity index (χ1n) is 8.75. The normalized spacial score (nSPS) is 10.1. The van der Waals surface area contributed by atoms with E-state index in [9.17, 15) is 9.59 Å². The zero-order valence-corrected chi connectivity index (χ0v) is 16.0. The number of carbonyl (C=O) groups is 2. The first-order chi connectivity index (χ1) is 14.9. The lowest BCUT2D eigenvalue weighted by Gasteiger charge is -2.03. The molecule has 0 saturated carbocycles. The third-order valence-corrected chi connectivity index (χ3v) is 4.02. The highest BCUT2D eigenvalue weighted by molar-refractivity contribution is 5.95. The number of nitrogen functional groups attached to an aromatic ring is 2. The molecule has 0 spiro atoms. The molecule has 0 saturated heterocycles. The number of aromatic nitrogens is 5. The SMILES string of the molecule is Nc1cc(C(=O)O)cc(C(=O)O)c1.Nn1c(-c2ccncc2)nnc1-c1ccncc1. The quantitative estimate of drug-likeness (QED) is 0.281. The average molecular weight is 419 g/mol. The van der Waals surface area contributed by atoms with Crippen LogP contribution in [0, 0.1) is 0 Å². The summed E-state index contributed by atoms with van der Waals surface area (Å²) in [7, 11) is 0. The Bertz CT molecular complexity index is 1120. The summed E-state index contributed by atoms with van der Waals surface area (Å²) in [6, 6.07) is 10.8. The first-order valence-corrected chi connectivity index (χ1v) is 8.75. The number of hydrogen-bond donors (Lipinski definition) is 4. The monoisotopic (exact) mass is 419 g/mol. The van der Waals surface area contributed by atoms with E-state index in [1.165, 1.54) is 16.8 Å². The fourth-order valence-electron chi connectivity index (χ4n) is 2.59. The molecule has 6 N–H and O–H groups in total. The molecule has 0 fully saturated rings. The van der Waals surface area contributed by atoms with Gasteiger partial charge in [0, 0.05) is 41.6 Å². The van der Waals surface area contributed by atoms with Crippen LogP contribution in [0.1, 0.15) is 20.7 Å². The first kappa shape index (κ1) is 20.9. The standard InChI is InChI=1S/C12H10N6.C8H7NO4/c13-18-11(9-1-5-14-6-2-9)16-17-12(18)10-3-7-15-8-4-10;9-6-2-4(7(10)11)1-5(3-6)8(12)13/h1-8H,13H2;1-3H,9H2,(H,10,11)(H,12,13). The number of anilines is 1. The Kier molecular flexibility index (Phi) is 6.16. The van der Waals surface area contributed by atoms with Crippen molar-refractivity contribution in [1.29, 1.82) is 0 Å². The van der Waals surface area contributed by atoms with Crippen molar-refractivity contribution in [2.45, 2.75) is 0 Å². The zero-order chi connectivity index (χ0) is 22.4. The maximum atomic E-state index is 10.5. The van der Waals surface area contributed by atoms with E-state index in [1.54, 1.807) is 24.8 Å². The summed E-state index contributed by atoms with van der Waals surface area (Å²) >= 11 is 0. The van der Waals surface area contributed by atoms with Gasteiger partial charge in [-0.05, 0) is 42.5 Å². The third kappa shape index (κ3) is 4.98. The molecule has 0 unspecified atom stereocenters. The summed E-state index contributed by atoms with van der Waals surface area (Å²) in [5.74, 6) is 4.82. The summed E-state index contributed by atoms with van der Waals surface area (Å²) < 4.78 is 1.46. The zero-order valence-electron chi connectivity index (χ0n) is 16.0. The van der Waals surface area contributed by atoms with Crippen LogP contribution >= 0.6 is 0 Å². The Balaban J connectivity index is 0.000000187. The minimum atomic E-state index is -1.20. The predicted molar refractivity (Wildman–Crippen MR) is 111 cm³/mol. The van der Waals surface area contributed by atoms with E-state index in [4.69, 9.17) is 21.8 Å². The molecule has 0 aliphatic carbocycles. The summed E-state index contributed by atoms with van der Waals surface area (Å²) in [4.78, 5) is 28.9. The van der Waals surface area contributed by atoms with Gasteiger partial charge < -0.3 is 21.8 Å². The van der Waals surface area contributed by atoms with Crippen LogP contribution in [0.25, 0.3) is 22.8 Å². The van der Waals surface area contributed by atoms with Crippen LogP contribution in [0.3, 0.4) is 0 Å². The predicted octanol–water partition coefficient (Wildman–Crippen LogP) is 1.78. The number of nitrogens with zero attached hydrogens (tertiary/aromatic N) is 5. The molecule has 1 aromatic carbocycles. The third-order valence-electron chi connectivity index (χ3n) is 4.02. The number of nitrogens with two attached hydrogens (primary N) is 2. The van der Waals surface area contributed by atoms with Gasteiger partial charge in [0.15, 0.2) is 11.6 Å². The molecule has 0 bridgehead atoms. The van der Waals surface area contributed by atoms with Crippen molar-refractivity contribution in [1.82, 2.24) is 24.8 Å². The molecule has 31 heavy (non-hydrogen) atoms. The number of aromatic carboxylic acids is 2. The van der Waals surface area contributed by atoms with Crippen LogP contribution in [0.2, 0.25) is 0 Å². The van der Waals surface area contributed by atoms with Crippen LogP contribution in [-0.2, 0) is 0 Å². The molecule has 4 rings (SSSR count). The molecule has 3 heterocycles. The minimum Gasteiger partial charge on any atom is -0.478 e. The van der Waals surface area contributed by atoms with E-state index in [1.807, 2.05) is 24.3 Å². The van der Waals surface area contributed by atoms with Gasteiger partial charge in [-0.2, -0.15) is 0 Å². The summed E-state index contributed by atoms with van der Waals surface area (Å²) in [6.45, 7) is 0. The molecule has 0 aliphatic rings. The molecule has 0 aliphatic heterocycles. The van der Waals surface area contributed by atoms with Gasteiger partial charge in [-0.3, -0.25) is 9.97 Å². The molecule has 4 aromatic rings. The number of hydrogen-bond acceptors (Lipinski definition) is 8. The molecule has 0 amide bonds. The van der Waals surface area contributed by atoms with Gasteiger partial charge in [0.05, 0.1) is 11.1 Å². The van der Waals surface area contributed by atoms with E-state index < -0.39 is 11.9 Å². The van der Waals surface area contributed by atoms with Crippen LogP contribution in [-0.4, -0.2) is 47.0 Å². The Hall–Kier alpha value is -4.80. The van der Waals surface area contributed by atoms with Gasteiger partial charge >= 0.3 is 11.9 Å². The molecule has 11 heteroatoms. The lowest BCUT2D eigenvalue weighted by atomic mass is 10.1. The van der Waals surface area contributed by atoms with Crippen molar-refractivity contribution in [3.05, 3.63) is 78.4 Å². The van der Waals surface area contributed by atoms with Crippen molar-refractivity contribution >= 4 is 17.6 Å². The molecule has 3 aromatic heterocycles. The number of carboxylic acid groups (broad SMARTS) is 2. The Morgan fingerprint density at radius 2 is 1.13 bits per heavy atom. The molecular weight excluding hydrogens is 402 g/mol. The maximum Gasteiger partial charge on any atom is 0.335 e. The second-order valence-corrected chi connectivity index (χ2v) is 6.14. The highest BCUT2D eigenvalue weighted by Gasteiger charge is 2.12. The fraction of sp³-hybridized carbons (Fsp3) is 0. The number of benzene rings is 1. The van der Waals surface area contributed by atoms with Crippen LogP contribution in [0.4, 0.5) is 5.69 Å². The summed E-state index contributed by atoms with van der Waals surface area (Å²) in [5, 5.41) is 25.3. The Labute approximate surface area is 175 Å². The Morgan fingerprint density at radius 1 is 0.742 bits per heavy atom. The van der Waals surface area contributed by atoms with E-state index >= 15 is 0 Å². The lowest BCUT2D eigenvalue weighted by Crippen LogP contribution is -2.11. The van der Waals surface area contributed by atoms with Gasteiger partial charge in [0.25, 0.3) is 0 Å². The van der Waals surface area contributed by atoms with E-state index in [0.29, 0.717) is 11.6 Å². The topological polar surface area (TPSA) is 183 Å². The average Bonchev–Trinajstić information content (AvgIpc) is 3.16. The van der Waals surface area contributed by atoms with Crippen molar-refractivity contribution in [3.8, 4) is 22.8 Å². The smallest absolute Gasteiger partial charge is 0.335 e. The van der Waals surface area contributed by atoms with E-state index in [0.717, 1.165) is 17.2 Å². The van der Waals surface area contributed by atoms with Crippen molar-refractivity contribution < 1.29 is 19.8 Å². The number of pyridine rings is 2. The van der Waals surface area contributed by atoms with Crippen molar-refractivity contribution in [2.75, 3.05) is 11.6 Å². The molecule has 0 radical (unpaired) electrons. The fourth-order valence-corrected chi connectivity index (χ4v) is 2.59. The highest BCUT2D eigenvalue weighted by atomic mass is 16.4. The summed E-state index contributed by atoms with van der Waals surface area (Å²) in [5.41, 5.74) is 6.93. The van der Waals surface area contributed by atoms with Crippen LogP contribution in [0.5, 0.6) is 0 Å². The highest BCUT2D eigenvalue weighted by Crippen LogP contribution is 2.20. The number of rotatable bonds is 4. The van der Waals surface area contributed by atoms with Crippen molar-refractivity contribution in [2.24, 2.45) is 0 Å². The van der Waals surface area contributed by atoms with Gasteiger partial charge in [0.1, 0.15) is 0 Å². The minimum absolute atomic E-state index is 0.123.